The zero-order valence-electron chi connectivity index (χ0n) is 15.6. The minimum absolute atomic E-state index is 0.115. The van der Waals surface area contributed by atoms with Crippen molar-refractivity contribution in [1.82, 2.24) is 29.8 Å². The highest BCUT2D eigenvalue weighted by Crippen LogP contribution is 2.38. The summed E-state index contributed by atoms with van der Waals surface area (Å²) in [4.78, 5) is 8.99. The molecule has 8 nitrogen and oxygen atoms in total. The van der Waals surface area contributed by atoms with Crippen LogP contribution < -0.4 is 4.90 Å². The average Bonchev–Trinajstić information content (AvgIpc) is 3.43. The van der Waals surface area contributed by atoms with E-state index in [2.05, 4.69) is 25.3 Å². The highest BCUT2D eigenvalue weighted by atomic mass is 19.3. The average molecular weight is 421 g/mol. The second-order valence-corrected chi connectivity index (χ2v) is 7.05. The van der Waals surface area contributed by atoms with Crippen LogP contribution in [0.1, 0.15) is 48.1 Å². The summed E-state index contributed by atoms with van der Waals surface area (Å²) in [6, 6.07) is 5.33. The van der Waals surface area contributed by atoms with E-state index < -0.39 is 24.3 Å². The van der Waals surface area contributed by atoms with Crippen LogP contribution in [0.25, 0.3) is 5.52 Å². The van der Waals surface area contributed by atoms with Crippen molar-refractivity contribution in [3.05, 3.63) is 59.3 Å². The summed E-state index contributed by atoms with van der Waals surface area (Å²) in [5.41, 5.74) is 2.04. The summed E-state index contributed by atoms with van der Waals surface area (Å²) in [5.74, 6) is -4.09. The second kappa shape index (κ2) is 6.54. The summed E-state index contributed by atoms with van der Waals surface area (Å²) >= 11 is 0. The van der Waals surface area contributed by atoms with Crippen LogP contribution >= 0.6 is 0 Å². The van der Waals surface area contributed by atoms with Gasteiger partial charge in [0.25, 0.3) is 12.3 Å². The van der Waals surface area contributed by atoms with E-state index in [4.69, 9.17) is 4.42 Å². The van der Waals surface area contributed by atoms with Crippen molar-refractivity contribution in [3.63, 3.8) is 0 Å². The fraction of sp³-hybridized carbons (Fsp3) is 0.333. The van der Waals surface area contributed by atoms with Crippen LogP contribution in [0.5, 0.6) is 0 Å². The van der Waals surface area contributed by atoms with Gasteiger partial charge in [0.1, 0.15) is 11.7 Å². The number of alkyl halides is 4. The van der Waals surface area contributed by atoms with Gasteiger partial charge in [-0.3, -0.25) is 0 Å². The third-order valence-corrected chi connectivity index (χ3v) is 5.00. The Morgan fingerprint density at radius 3 is 2.83 bits per heavy atom. The summed E-state index contributed by atoms with van der Waals surface area (Å²) in [7, 11) is 0. The number of aromatic amines is 1. The van der Waals surface area contributed by atoms with Crippen LogP contribution in [-0.2, 0) is 12.3 Å². The van der Waals surface area contributed by atoms with Crippen molar-refractivity contribution in [2.24, 2.45) is 0 Å². The SMILES string of the molecule is CC(F)(F)c1nnc(N2CCc3[nH]cnc3C2c2cc3cccc(C(F)F)n3n2)o1. The molecule has 156 valence electrons. The van der Waals surface area contributed by atoms with Crippen LogP contribution in [0, 0.1) is 0 Å². The minimum atomic E-state index is -3.29. The molecule has 0 saturated heterocycles. The quantitative estimate of drug-likeness (QED) is 0.506. The molecular weight excluding hydrogens is 406 g/mol. The second-order valence-electron chi connectivity index (χ2n) is 7.05. The van der Waals surface area contributed by atoms with E-state index in [1.807, 2.05) is 0 Å². The lowest BCUT2D eigenvalue weighted by atomic mass is 10.0. The first-order valence-corrected chi connectivity index (χ1v) is 9.10. The van der Waals surface area contributed by atoms with E-state index in [-0.39, 0.29) is 11.7 Å². The zero-order valence-corrected chi connectivity index (χ0v) is 15.6. The molecule has 0 aliphatic carbocycles. The predicted molar refractivity (Wildman–Crippen MR) is 95.5 cm³/mol. The molecular formula is C18H15F4N7O. The van der Waals surface area contributed by atoms with Gasteiger partial charge in [0.15, 0.2) is 0 Å². The third-order valence-electron chi connectivity index (χ3n) is 5.00. The van der Waals surface area contributed by atoms with Crippen LogP contribution in [-0.4, -0.2) is 36.3 Å². The zero-order chi connectivity index (χ0) is 21.0. The minimum Gasteiger partial charge on any atom is -0.401 e. The monoisotopic (exact) mass is 421 g/mol. The topological polar surface area (TPSA) is 88.1 Å². The fourth-order valence-corrected chi connectivity index (χ4v) is 3.65. The lowest BCUT2D eigenvalue weighted by molar-refractivity contribution is -0.0107. The maximum absolute atomic E-state index is 13.6. The number of rotatable bonds is 4. The van der Waals surface area contributed by atoms with Gasteiger partial charge in [-0.05, 0) is 18.2 Å². The molecule has 1 N–H and O–H groups in total. The molecule has 4 aromatic rings. The van der Waals surface area contributed by atoms with Crippen LogP contribution in [0.4, 0.5) is 23.6 Å². The van der Waals surface area contributed by atoms with E-state index >= 15 is 0 Å². The van der Waals surface area contributed by atoms with Crippen molar-refractivity contribution in [1.29, 1.82) is 0 Å². The molecule has 12 heteroatoms. The van der Waals surface area contributed by atoms with E-state index in [9.17, 15) is 17.6 Å². The highest BCUT2D eigenvalue weighted by Gasteiger charge is 2.38. The number of pyridine rings is 1. The summed E-state index contributed by atoms with van der Waals surface area (Å²) in [6.45, 7) is 1.02. The maximum atomic E-state index is 13.6. The number of imidazole rings is 1. The van der Waals surface area contributed by atoms with Gasteiger partial charge < -0.3 is 14.3 Å². The fourth-order valence-electron chi connectivity index (χ4n) is 3.65. The Morgan fingerprint density at radius 1 is 1.27 bits per heavy atom. The molecule has 1 unspecified atom stereocenters. The maximum Gasteiger partial charge on any atom is 0.321 e. The van der Waals surface area contributed by atoms with Gasteiger partial charge in [0.2, 0.25) is 0 Å². The molecule has 4 aromatic heterocycles. The normalized spacial score (nSPS) is 17.1. The number of halogens is 4. The van der Waals surface area contributed by atoms with Gasteiger partial charge in [0.05, 0.1) is 23.2 Å². The molecule has 0 spiro atoms. The van der Waals surface area contributed by atoms with Gasteiger partial charge in [-0.2, -0.15) is 13.9 Å². The third kappa shape index (κ3) is 2.90. The number of aromatic nitrogens is 6. The molecule has 1 aliphatic heterocycles. The van der Waals surface area contributed by atoms with Crippen LogP contribution in [0.3, 0.4) is 0 Å². The first-order valence-electron chi connectivity index (χ1n) is 9.10. The lowest BCUT2D eigenvalue weighted by Gasteiger charge is -2.32. The number of fused-ring (bicyclic) bond motifs is 2. The van der Waals surface area contributed by atoms with Crippen molar-refractivity contribution in [2.45, 2.75) is 31.7 Å². The summed E-state index contributed by atoms with van der Waals surface area (Å²) < 4.78 is 60.4. The highest BCUT2D eigenvalue weighted by molar-refractivity contribution is 5.53. The van der Waals surface area contributed by atoms with E-state index in [0.29, 0.717) is 36.8 Å². The van der Waals surface area contributed by atoms with Gasteiger partial charge >= 0.3 is 11.9 Å². The Labute approximate surface area is 166 Å². The predicted octanol–water partition coefficient (Wildman–Crippen LogP) is 3.64. The number of nitrogens with one attached hydrogen (secondary N) is 1. The molecule has 0 radical (unpaired) electrons. The van der Waals surface area contributed by atoms with Gasteiger partial charge in [-0.1, -0.05) is 11.2 Å². The Kier molecular flexibility index (Phi) is 4.05. The Hall–Kier alpha value is -3.44. The molecule has 5 rings (SSSR count). The molecule has 0 amide bonds. The standard InChI is InChI=1S/C18H15F4N7O/c1-18(21,22)16-25-26-17(30-16)28-6-5-10-13(24-8-23-10)14(28)11-7-9-3-2-4-12(15(19)20)29(9)27-11/h2-4,7-8,14-15H,5-6H2,1H3,(H,23,24). The Bertz CT molecular complexity index is 1210. The number of H-pyrrole nitrogens is 1. The smallest absolute Gasteiger partial charge is 0.321 e. The van der Waals surface area contributed by atoms with Gasteiger partial charge in [-0.25, -0.2) is 18.3 Å². The molecule has 1 aliphatic rings. The Morgan fingerprint density at radius 2 is 2.10 bits per heavy atom. The van der Waals surface area contributed by atoms with Crippen molar-refractivity contribution in [2.75, 3.05) is 11.4 Å². The van der Waals surface area contributed by atoms with Crippen LogP contribution in [0.15, 0.2) is 35.0 Å². The molecule has 5 heterocycles. The lowest BCUT2D eigenvalue weighted by Crippen LogP contribution is -2.37. The summed E-state index contributed by atoms with van der Waals surface area (Å²) in [6.07, 6.45) is -0.668. The number of hydrogen-bond acceptors (Lipinski definition) is 6. The van der Waals surface area contributed by atoms with Crippen molar-refractivity contribution < 1.29 is 22.0 Å². The largest absolute Gasteiger partial charge is 0.401 e. The van der Waals surface area contributed by atoms with E-state index in [1.54, 1.807) is 17.0 Å². The molecule has 1 atom stereocenters. The molecule has 0 bridgehead atoms. The molecule has 0 aromatic carbocycles. The van der Waals surface area contributed by atoms with E-state index in [0.717, 1.165) is 5.69 Å². The van der Waals surface area contributed by atoms with Gasteiger partial charge in [0, 0.05) is 25.6 Å². The summed E-state index contributed by atoms with van der Waals surface area (Å²) in [5, 5.41) is 11.6. The molecule has 30 heavy (non-hydrogen) atoms. The number of anilines is 1. The number of nitrogens with zero attached hydrogens (tertiary/aromatic N) is 6. The van der Waals surface area contributed by atoms with Crippen molar-refractivity contribution in [3.8, 4) is 0 Å². The Balaban J connectivity index is 1.64. The molecule has 0 fully saturated rings. The van der Waals surface area contributed by atoms with Gasteiger partial charge in [-0.15, -0.1) is 5.10 Å². The van der Waals surface area contributed by atoms with Crippen LogP contribution in [0.2, 0.25) is 0 Å². The number of hydrogen-bond donors (Lipinski definition) is 1. The first-order chi connectivity index (χ1) is 14.3. The van der Waals surface area contributed by atoms with E-state index in [1.165, 1.54) is 23.0 Å². The molecule has 0 saturated carbocycles. The van der Waals surface area contributed by atoms with Crippen molar-refractivity contribution >= 4 is 11.5 Å². The first kappa shape index (κ1) is 18.6.